The van der Waals surface area contributed by atoms with E-state index in [2.05, 4.69) is 25.6 Å². The molecule has 1 heterocycles. The normalized spacial score (nSPS) is 11.0. The van der Waals surface area contributed by atoms with Crippen LogP contribution in [0.25, 0.3) is 10.6 Å². The van der Waals surface area contributed by atoms with E-state index in [-0.39, 0.29) is 22.3 Å². The lowest BCUT2D eigenvalue weighted by Gasteiger charge is -2.12. The highest BCUT2D eigenvalue weighted by Crippen LogP contribution is 2.28. The van der Waals surface area contributed by atoms with Gasteiger partial charge in [0.1, 0.15) is 5.01 Å². The van der Waals surface area contributed by atoms with Crippen molar-refractivity contribution in [1.82, 2.24) is 10.2 Å². The largest absolute Gasteiger partial charge is 0.326 e. The van der Waals surface area contributed by atoms with Gasteiger partial charge in [-0.25, -0.2) is 8.42 Å². The third kappa shape index (κ3) is 5.59. The van der Waals surface area contributed by atoms with Crippen molar-refractivity contribution >= 4 is 49.7 Å². The molecule has 0 saturated heterocycles. The highest BCUT2D eigenvalue weighted by molar-refractivity contribution is 7.92. The summed E-state index contributed by atoms with van der Waals surface area (Å²) in [4.78, 5) is 24.1. The van der Waals surface area contributed by atoms with E-state index in [4.69, 9.17) is 0 Å². The number of nitrogens with one attached hydrogen (secondary N) is 3. The molecule has 0 saturated carbocycles. The number of anilines is 3. The third-order valence-corrected chi connectivity index (χ3v) is 5.02. The first-order chi connectivity index (χ1) is 13.7. The van der Waals surface area contributed by atoms with E-state index in [9.17, 15) is 18.0 Å². The summed E-state index contributed by atoms with van der Waals surface area (Å²) >= 11 is 1.18. The maximum atomic E-state index is 12.8. The first kappa shape index (κ1) is 20.4. The van der Waals surface area contributed by atoms with Gasteiger partial charge in [-0.1, -0.05) is 41.7 Å². The Bertz CT molecular complexity index is 1160. The van der Waals surface area contributed by atoms with Gasteiger partial charge in [0.2, 0.25) is 21.1 Å². The lowest BCUT2D eigenvalue weighted by atomic mass is 10.1. The molecule has 2 aromatic carbocycles. The zero-order chi connectivity index (χ0) is 21.0. The van der Waals surface area contributed by atoms with Crippen molar-refractivity contribution in [2.75, 3.05) is 21.6 Å². The van der Waals surface area contributed by atoms with E-state index in [1.165, 1.54) is 36.5 Å². The van der Waals surface area contributed by atoms with Crippen LogP contribution in [-0.4, -0.2) is 36.7 Å². The molecular formula is C18H17N5O4S2. The van der Waals surface area contributed by atoms with Gasteiger partial charge in [0.25, 0.3) is 5.91 Å². The van der Waals surface area contributed by atoms with Gasteiger partial charge in [-0.2, -0.15) is 0 Å². The van der Waals surface area contributed by atoms with E-state index in [0.29, 0.717) is 10.7 Å². The predicted molar refractivity (Wildman–Crippen MR) is 113 cm³/mol. The summed E-state index contributed by atoms with van der Waals surface area (Å²) in [5, 5.41) is 14.1. The topological polar surface area (TPSA) is 130 Å². The average Bonchev–Trinajstić information content (AvgIpc) is 3.10. The van der Waals surface area contributed by atoms with E-state index in [1.807, 2.05) is 30.3 Å². The standard InChI is InChI=1S/C18H17N5O4S2/c1-11(24)19-13-8-9-15(23-29(2,26)27)14(10-13)16(25)20-18-22-21-17(28-18)12-6-4-3-5-7-12/h3-10,23H,1-2H3,(H,19,24)(H,20,22,25). The number of carbonyl (C=O) groups is 2. The molecule has 0 radical (unpaired) electrons. The minimum Gasteiger partial charge on any atom is -0.326 e. The van der Waals surface area contributed by atoms with Crippen molar-refractivity contribution in [2.45, 2.75) is 6.92 Å². The Morgan fingerprint density at radius 1 is 1.00 bits per heavy atom. The lowest BCUT2D eigenvalue weighted by molar-refractivity contribution is -0.114. The van der Waals surface area contributed by atoms with Gasteiger partial charge >= 0.3 is 0 Å². The number of aromatic nitrogens is 2. The molecule has 0 atom stereocenters. The molecular weight excluding hydrogens is 414 g/mol. The number of amides is 2. The Labute approximate surface area is 171 Å². The number of benzene rings is 2. The van der Waals surface area contributed by atoms with Crippen molar-refractivity contribution in [2.24, 2.45) is 0 Å². The number of hydrogen-bond acceptors (Lipinski definition) is 7. The van der Waals surface area contributed by atoms with E-state index >= 15 is 0 Å². The molecule has 3 N–H and O–H groups in total. The van der Waals surface area contributed by atoms with Crippen LogP contribution in [0.1, 0.15) is 17.3 Å². The summed E-state index contributed by atoms with van der Waals surface area (Å²) in [5.41, 5.74) is 1.31. The number of carbonyl (C=O) groups excluding carboxylic acids is 2. The van der Waals surface area contributed by atoms with Crippen molar-refractivity contribution < 1.29 is 18.0 Å². The maximum absolute atomic E-state index is 12.8. The van der Waals surface area contributed by atoms with E-state index < -0.39 is 15.9 Å². The molecule has 0 unspecified atom stereocenters. The van der Waals surface area contributed by atoms with Crippen LogP contribution in [0.2, 0.25) is 0 Å². The van der Waals surface area contributed by atoms with Gasteiger partial charge in [-0.3, -0.25) is 19.6 Å². The van der Waals surface area contributed by atoms with Gasteiger partial charge in [0.15, 0.2) is 0 Å². The molecule has 29 heavy (non-hydrogen) atoms. The third-order valence-electron chi connectivity index (χ3n) is 3.55. The molecule has 1 aromatic heterocycles. The fourth-order valence-electron chi connectivity index (χ4n) is 2.44. The molecule has 0 aliphatic heterocycles. The number of sulfonamides is 1. The zero-order valence-electron chi connectivity index (χ0n) is 15.5. The number of rotatable bonds is 6. The minimum absolute atomic E-state index is 0.0261. The van der Waals surface area contributed by atoms with E-state index in [0.717, 1.165) is 11.8 Å². The monoisotopic (exact) mass is 431 g/mol. The first-order valence-electron chi connectivity index (χ1n) is 8.31. The van der Waals surface area contributed by atoms with Crippen LogP contribution in [0, 0.1) is 0 Å². The number of hydrogen-bond donors (Lipinski definition) is 3. The van der Waals surface area contributed by atoms with Crippen molar-refractivity contribution in [3.05, 3.63) is 54.1 Å². The van der Waals surface area contributed by atoms with Gasteiger partial charge in [-0.05, 0) is 18.2 Å². The summed E-state index contributed by atoms with van der Waals surface area (Å²) in [6, 6.07) is 13.6. The van der Waals surface area contributed by atoms with E-state index in [1.54, 1.807) is 0 Å². The van der Waals surface area contributed by atoms with Crippen molar-refractivity contribution in [3.8, 4) is 10.6 Å². The molecule has 3 aromatic rings. The molecule has 11 heteroatoms. The molecule has 3 rings (SSSR count). The maximum Gasteiger partial charge on any atom is 0.259 e. The minimum atomic E-state index is -3.62. The molecule has 0 fully saturated rings. The highest BCUT2D eigenvalue weighted by Gasteiger charge is 2.18. The second-order valence-corrected chi connectivity index (χ2v) is 8.77. The van der Waals surface area contributed by atoms with Gasteiger partial charge in [-0.15, -0.1) is 10.2 Å². The summed E-state index contributed by atoms with van der Waals surface area (Å²) in [7, 11) is -3.62. The Morgan fingerprint density at radius 2 is 1.72 bits per heavy atom. The van der Waals surface area contributed by atoms with Gasteiger partial charge < -0.3 is 5.32 Å². The van der Waals surface area contributed by atoms with Crippen LogP contribution in [0.15, 0.2) is 48.5 Å². The van der Waals surface area contributed by atoms with Gasteiger partial charge in [0.05, 0.1) is 17.5 Å². The zero-order valence-corrected chi connectivity index (χ0v) is 17.1. The fourth-order valence-corrected chi connectivity index (χ4v) is 3.76. The highest BCUT2D eigenvalue weighted by atomic mass is 32.2. The molecule has 0 aliphatic rings. The quantitative estimate of drug-likeness (QED) is 0.550. The average molecular weight is 431 g/mol. The van der Waals surface area contributed by atoms with Crippen LogP contribution in [-0.2, 0) is 14.8 Å². The Balaban J connectivity index is 1.88. The van der Waals surface area contributed by atoms with Crippen LogP contribution >= 0.6 is 11.3 Å². The molecule has 2 amide bonds. The Kier molecular flexibility index (Phi) is 5.89. The molecule has 9 nitrogen and oxygen atoms in total. The predicted octanol–water partition coefficient (Wildman–Crippen LogP) is 2.79. The molecule has 0 bridgehead atoms. The lowest BCUT2D eigenvalue weighted by Crippen LogP contribution is -2.18. The van der Waals surface area contributed by atoms with Crippen LogP contribution < -0.4 is 15.4 Å². The summed E-state index contributed by atoms with van der Waals surface area (Å²) in [6.45, 7) is 1.33. The van der Waals surface area contributed by atoms with Crippen molar-refractivity contribution in [1.29, 1.82) is 0 Å². The Morgan fingerprint density at radius 3 is 2.38 bits per heavy atom. The SMILES string of the molecule is CC(=O)Nc1ccc(NS(C)(=O)=O)c(C(=O)Nc2nnc(-c3ccccc3)s2)c1. The van der Waals surface area contributed by atoms with Crippen molar-refractivity contribution in [3.63, 3.8) is 0 Å². The Hall–Kier alpha value is -3.31. The van der Waals surface area contributed by atoms with Crippen LogP contribution in [0.5, 0.6) is 0 Å². The molecule has 150 valence electrons. The molecule has 0 aliphatic carbocycles. The van der Waals surface area contributed by atoms with Crippen LogP contribution in [0.4, 0.5) is 16.5 Å². The second kappa shape index (κ2) is 8.37. The molecule has 0 spiro atoms. The second-order valence-electron chi connectivity index (χ2n) is 6.05. The number of nitrogens with zero attached hydrogens (tertiary/aromatic N) is 2. The van der Waals surface area contributed by atoms with Gasteiger partial charge in [0, 0.05) is 18.2 Å². The first-order valence-corrected chi connectivity index (χ1v) is 11.0. The fraction of sp³-hybridized carbons (Fsp3) is 0.111. The van der Waals surface area contributed by atoms with Crippen LogP contribution in [0.3, 0.4) is 0 Å². The summed E-state index contributed by atoms with van der Waals surface area (Å²) < 4.78 is 25.5. The summed E-state index contributed by atoms with van der Waals surface area (Å²) in [5.74, 6) is -0.920. The smallest absolute Gasteiger partial charge is 0.259 e. The summed E-state index contributed by atoms with van der Waals surface area (Å²) in [6.07, 6.45) is 0.979.